The van der Waals surface area contributed by atoms with Gasteiger partial charge < -0.3 is 11.1 Å². The van der Waals surface area contributed by atoms with Crippen LogP contribution < -0.4 is 11.1 Å². The van der Waals surface area contributed by atoms with Gasteiger partial charge in [0.1, 0.15) is 5.82 Å². The summed E-state index contributed by atoms with van der Waals surface area (Å²) in [5, 5.41) is 7.30. The minimum atomic E-state index is -0.284. The van der Waals surface area contributed by atoms with Crippen LogP contribution in [-0.4, -0.2) is 21.7 Å². The molecule has 0 fully saturated rings. The van der Waals surface area contributed by atoms with Gasteiger partial charge in [0.15, 0.2) is 0 Å². The molecular weight excluding hydrogens is 295 g/mol. The smallest absolute Gasteiger partial charge is 0.220 e. The Labute approximate surface area is 135 Å². The minimum absolute atomic E-state index is 0.0130. The number of nitrogens with two attached hydrogens (primary N) is 1. The van der Waals surface area contributed by atoms with Gasteiger partial charge in [0.25, 0.3) is 0 Å². The van der Waals surface area contributed by atoms with Crippen molar-refractivity contribution in [3.05, 3.63) is 47.5 Å². The van der Waals surface area contributed by atoms with E-state index in [2.05, 4.69) is 10.4 Å². The first kappa shape index (κ1) is 17.1. The highest BCUT2D eigenvalue weighted by Gasteiger charge is 2.16. The summed E-state index contributed by atoms with van der Waals surface area (Å²) in [6.45, 7) is 5.73. The second-order valence-corrected chi connectivity index (χ2v) is 5.88. The normalized spacial score (nSPS) is 13.6. The van der Waals surface area contributed by atoms with Crippen LogP contribution in [0.15, 0.2) is 30.5 Å². The fourth-order valence-corrected chi connectivity index (χ4v) is 2.44. The van der Waals surface area contributed by atoms with Crippen LogP contribution in [0.25, 0.3) is 5.69 Å². The second kappa shape index (κ2) is 7.37. The van der Waals surface area contributed by atoms with E-state index in [1.165, 1.54) is 12.1 Å². The van der Waals surface area contributed by atoms with Gasteiger partial charge in [0.05, 0.1) is 17.9 Å². The van der Waals surface area contributed by atoms with Crippen molar-refractivity contribution >= 4 is 5.91 Å². The third-order valence-corrected chi connectivity index (χ3v) is 3.79. The van der Waals surface area contributed by atoms with E-state index in [9.17, 15) is 9.18 Å². The lowest BCUT2D eigenvalue weighted by Crippen LogP contribution is -2.28. The highest BCUT2D eigenvalue weighted by molar-refractivity contribution is 5.76. The van der Waals surface area contributed by atoms with E-state index in [-0.39, 0.29) is 23.8 Å². The number of carbonyl (C=O) groups excluding carboxylic acids is 1. The Bertz CT molecular complexity index is 664. The molecule has 6 heteroatoms. The van der Waals surface area contributed by atoms with E-state index in [0.717, 1.165) is 16.9 Å². The van der Waals surface area contributed by atoms with Crippen molar-refractivity contribution in [2.45, 2.75) is 45.7 Å². The van der Waals surface area contributed by atoms with Crippen molar-refractivity contribution in [1.29, 1.82) is 0 Å². The lowest BCUT2D eigenvalue weighted by Gasteiger charge is -2.14. The maximum Gasteiger partial charge on any atom is 0.220 e. The number of hydrogen-bond donors (Lipinski definition) is 2. The minimum Gasteiger partial charge on any atom is -0.349 e. The lowest BCUT2D eigenvalue weighted by molar-refractivity contribution is -0.121. The van der Waals surface area contributed by atoms with Crippen LogP contribution in [0.1, 0.15) is 44.0 Å². The predicted octanol–water partition coefficient (Wildman–Crippen LogP) is 2.62. The van der Waals surface area contributed by atoms with Crippen molar-refractivity contribution in [2.24, 2.45) is 5.73 Å². The molecule has 0 aliphatic heterocycles. The van der Waals surface area contributed by atoms with Crippen LogP contribution in [0.5, 0.6) is 0 Å². The topological polar surface area (TPSA) is 72.9 Å². The summed E-state index contributed by atoms with van der Waals surface area (Å²) in [6.07, 6.45) is 2.80. The Kier molecular flexibility index (Phi) is 5.50. The molecule has 1 aromatic carbocycles. The zero-order valence-electron chi connectivity index (χ0n) is 13.7. The number of benzene rings is 1. The zero-order chi connectivity index (χ0) is 17.0. The fourth-order valence-electron chi connectivity index (χ4n) is 2.44. The Morgan fingerprint density at radius 1 is 1.35 bits per heavy atom. The number of nitrogens with zero attached hydrogens (tertiary/aromatic N) is 2. The van der Waals surface area contributed by atoms with E-state index in [1.807, 2.05) is 20.8 Å². The van der Waals surface area contributed by atoms with Crippen LogP contribution in [-0.2, 0) is 4.79 Å². The van der Waals surface area contributed by atoms with Gasteiger partial charge >= 0.3 is 0 Å². The van der Waals surface area contributed by atoms with Gasteiger partial charge in [-0.3, -0.25) is 4.79 Å². The van der Waals surface area contributed by atoms with E-state index >= 15 is 0 Å². The van der Waals surface area contributed by atoms with Crippen molar-refractivity contribution in [3.63, 3.8) is 0 Å². The van der Waals surface area contributed by atoms with Gasteiger partial charge in [-0.2, -0.15) is 5.10 Å². The van der Waals surface area contributed by atoms with Crippen molar-refractivity contribution in [2.75, 3.05) is 0 Å². The van der Waals surface area contributed by atoms with E-state index in [4.69, 9.17) is 5.73 Å². The summed E-state index contributed by atoms with van der Waals surface area (Å²) >= 11 is 0. The molecule has 0 aliphatic rings. The molecule has 2 unspecified atom stereocenters. The first-order valence-electron chi connectivity index (χ1n) is 7.74. The SMILES string of the molecule is Cc1c(C(C)NC(=O)CCC(C)N)cnn1-c1ccc(F)cc1. The van der Waals surface area contributed by atoms with Gasteiger partial charge in [-0.05, 0) is 51.5 Å². The van der Waals surface area contributed by atoms with Crippen LogP contribution in [0.2, 0.25) is 0 Å². The molecular formula is C17H23FN4O. The molecule has 2 atom stereocenters. The molecule has 0 aliphatic carbocycles. The highest BCUT2D eigenvalue weighted by Crippen LogP contribution is 2.20. The number of carbonyl (C=O) groups is 1. The summed E-state index contributed by atoms with van der Waals surface area (Å²) in [4.78, 5) is 11.9. The molecule has 0 saturated carbocycles. The maximum absolute atomic E-state index is 13.0. The molecule has 5 nitrogen and oxygen atoms in total. The molecule has 1 heterocycles. The van der Waals surface area contributed by atoms with Crippen LogP contribution in [0, 0.1) is 12.7 Å². The zero-order valence-corrected chi connectivity index (χ0v) is 13.7. The molecule has 0 spiro atoms. The van der Waals surface area contributed by atoms with E-state index < -0.39 is 0 Å². The van der Waals surface area contributed by atoms with E-state index in [0.29, 0.717) is 12.8 Å². The third kappa shape index (κ3) is 4.39. The first-order valence-corrected chi connectivity index (χ1v) is 7.74. The predicted molar refractivity (Wildman–Crippen MR) is 87.7 cm³/mol. The largest absolute Gasteiger partial charge is 0.349 e. The van der Waals surface area contributed by atoms with Crippen molar-refractivity contribution in [1.82, 2.24) is 15.1 Å². The highest BCUT2D eigenvalue weighted by atomic mass is 19.1. The molecule has 1 amide bonds. The van der Waals surface area contributed by atoms with Gasteiger partial charge in [-0.1, -0.05) is 0 Å². The number of nitrogens with one attached hydrogen (secondary N) is 1. The Morgan fingerprint density at radius 2 is 2.00 bits per heavy atom. The summed E-state index contributed by atoms with van der Waals surface area (Å²) in [6, 6.07) is 6.00. The van der Waals surface area contributed by atoms with Crippen LogP contribution in [0.3, 0.4) is 0 Å². The van der Waals surface area contributed by atoms with Gasteiger partial charge in [-0.15, -0.1) is 0 Å². The molecule has 2 rings (SSSR count). The van der Waals surface area contributed by atoms with Gasteiger partial charge in [0, 0.05) is 23.7 Å². The number of rotatable bonds is 6. The standard InChI is InChI=1S/C17H23FN4O/c1-11(19)4-9-17(23)21-12(2)16-10-20-22(13(16)3)15-7-5-14(18)6-8-15/h5-8,10-12H,4,9,19H2,1-3H3,(H,21,23). The fraction of sp³-hybridized carbons (Fsp3) is 0.412. The monoisotopic (exact) mass is 318 g/mol. The molecule has 3 N–H and O–H groups in total. The number of hydrogen-bond acceptors (Lipinski definition) is 3. The molecule has 124 valence electrons. The Hall–Kier alpha value is -2.21. The number of aromatic nitrogens is 2. The summed E-state index contributed by atoms with van der Waals surface area (Å²) in [5.74, 6) is -0.308. The molecule has 23 heavy (non-hydrogen) atoms. The van der Waals surface area contributed by atoms with Crippen molar-refractivity contribution in [3.8, 4) is 5.69 Å². The quantitative estimate of drug-likeness (QED) is 0.860. The van der Waals surface area contributed by atoms with Crippen LogP contribution >= 0.6 is 0 Å². The molecule has 1 aromatic heterocycles. The number of halogens is 1. The Morgan fingerprint density at radius 3 is 2.61 bits per heavy atom. The molecule has 0 bridgehead atoms. The van der Waals surface area contributed by atoms with Gasteiger partial charge in [0.2, 0.25) is 5.91 Å². The van der Waals surface area contributed by atoms with Crippen molar-refractivity contribution < 1.29 is 9.18 Å². The Balaban J connectivity index is 2.09. The summed E-state index contributed by atoms with van der Waals surface area (Å²) < 4.78 is 14.8. The number of amides is 1. The molecule has 2 aromatic rings. The second-order valence-electron chi connectivity index (χ2n) is 5.88. The average molecular weight is 318 g/mol. The maximum atomic E-state index is 13.0. The van der Waals surface area contributed by atoms with Crippen LogP contribution in [0.4, 0.5) is 4.39 Å². The third-order valence-electron chi connectivity index (χ3n) is 3.79. The first-order chi connectivity index (χ1) is 10.9. The summed E-state index contributed by atoms with van der Waals surface area (Å²) in [5.41, 5.74) is 8.30. The average Bonchev–Trinajstić information content (AvgIpc) is 2.88. The lowest BCUT2D eigenvalue weighted by atomic mass is 10.1. The summed E-state index contributed by atoms with van der Waals surface area (Å²) in [7, 11) is 0. The molecule has 0 saturated heterocycles. The molecule has 0 radical (unpaired) electrons. The van der Waals surface area contributed by atoms with Gasteiger partial charge in [-0.25, -0.2) is 9.07 Å². The van der Waals surface area contributed by atoms with E-state index in [1.54, 1.807) is 23.0 Å².